The Morgan fingerprint density at radius 3 is 2.70 bits per heavy atom. The third kappa shape index (κ3) is 2.92. The molecule has 2 aromatic rings. The van der Waals surface area contributed by atoms with Crippen molar-refractivity contribution in [2.75, 3.05) is 5.32 Å². The van der Waals surface area contributed by atoms with Gasteiger partial charge in [0.05, 0.1) is 23.6 Å². The molecule has 2 aromatic heterocycles. The number of hydrogen-bond acceptors (Lipinski definition) is 4. The molecule has 7 heteroatoms. The van der Waals surface area contributed by atoms with Gasteiger partial charge in [-0.15, -0.1) is 0 Å². The Hall–Kier alpha value is -1.63. The summed E-state index contributed by atoms with van der Waals surface area (Å²) in [5.74, 6) is 0. The van der Waals surface area contributed by atoms with E-state index in [-0.39, 0.29) is 11.6 Å². The van der Waals surface area contributed by atoms with Crippen LogP contribution in [0.5, 0.6) is 0 Å². The van der Waals surface area contributed by atoms with E-state index in [1.165, 1.54) is 4.68 Å². The van der Waals surface area contributed by atoms with Crippen LogP contribution in [0.25, 0.3) is 0 Å². The van der Waals surface area contributed by atoms with Crippen LogP contribution >= 0.6 is 15.9 Å². The topological polar surface area (TPSA) is 64.7 Å². The van der Waals surface area contributed by atoms with Crippen LogP contribution in [0.3, 0.4) is 0 Å². The van der Waals surface area contributed by atoms with Crippen molar-refractivity contribution >= 4 is 21.6 Å². The fourth-order valence-electron chi connectivity index (χ4n) is 1.95. The highest BCUT2D eigenvalue weighted by molar-refractivity contribution is 9.10. The van der Waals surface area contributed by atoms with Gasteiger partial charge in [0.25, 0.3) is 5.56 Å². The summed E-state index contributed by atoms with van der Waals surface area (Å²) in [5, 5.41) is 11.7. The van der Waals surface area contributed by atoms with Gasteiger partial charge in [-0.25, -0.2) is 4.68 Å². The van der Waals surface area contributed by atoms with E-state index in [0.29, 0.717) is 16.7 Å². The van der Waals surface area contributed by atoms with Crippen LogP contribution in [0.15, 0.2) is 21.7 Å². The lowest BCUT2D eigenvalue weighted by Crippen LogP contribution is -2.26. The first-order valence-corrected chi connectivity index (χ1v) is 7.19. The molecule has 0 aromatic carbocycles. The van der Waals surface area contributed by atoms with Gasteiger partial charge in [-0.2, -0.15) is 10.2 Å². The molecular formula is C13H18BrN5O. The Labute approximate surface area is 125 Å². The molecule has 108 valence electrons. The molecule has 6 nitrogen and oxygen atoms in total. The zero-order valence-corrected chi connectivity index (χ0v) is 13.6. The lowest BCUT2D eigenvalue weighted by atomic mass is 10.2. The second-order valence-corrected chi connectivity index (χ2v) is 5.78. The van der Waals surface area contributed by atoms with E-state index in [4.69, 9.17) is 0 Å². The number of halogens is 1. The van der Waals surface area contributed by atoms with Gasteiger partial charge >= 0.3 is 0 Å². The molecule has 0 saturated heterocycles. The molecule has 0 atom stereocenters. The monoisotopic (exact) mass is 339 g/mol. The Morgan fingerprint density at radius 2 is 2.15 bits per heavy atom. The first kappa shape index (κ1) is 14.8. The minimum Gasteiger partial charge on any atom is -0.378 e. The third-order valence-corrected chi connectivity index (χ3v) is 3.78. The number of hydrogen-bond donors (Lipinski definition) is 1. The molecule has 2 rings (SSSR count). The van der Waals surface area contributed by atoms with E-state index in [1.807, 2.05) is 34.0 Å². The van der Waals surface area contributed by atoms with Crippen molar-refractivity contribution in [2.45, 2.75) is 33.4 Å². The zero-order chi connectivity index (χ0) is 14.9. The van der Waals surface area contributed by atoms with Crippen molar-refractivity contribution in [3.63, 3.8) is 0 Å². The summed E-state index contributed by atoms with van der Waals surface area (Å²) in [5.41, 5.74) is 2.62. The second kappa shape index (κ2) is 5.78. The SMILES string of the molecule is Cc1nn(C)cc1CNc1cnn(C(C)C)c(=O)c1Br. The van der Waals surface area contributed by atoms with E-state index >= 15 is 0 Å². The maximum Gasteiger partial charge on any atom is 0.283 e. The van der Waals surface area contributed by atoms with Crippen molar-refractivity contribution in [1.29, 1.82) is 0 Å². The highest BCUT2D eigenvalue weighted by Gasteiger charge is 2.11. The average molecular weight is 340 g/mol. The molecule has 0 amide bonds. The van der Waals surface area contributed by atoms with Gasteiger partial charge in [0.1, 0.15) is 4.47 Å². The standard InChI is InChI=1S/C13H18BrN5O/c1-8(2)19-13(20)12(14)11(6-16-19)15-5-10-7-18(4)17-9(10)3/h6-8,15H,5H2,1-4H3. The van der Waals surface area contributed by atoms with E-state index in [2.05, 4.69) is 31.4 Å². The molecule has 0 aliphatic heterocycles. The predicted molar refractivity (Wildman–Crippen MR) is 81.9 cm³/mol. The van der Waals surface area contributed by atoms with E-state index in [9.17, 15) is 4.79 Å². The van der Waals surface area contributed by atoms with E-state index in [0.717, 1.165) is 11.3 Å². The molecule has 0 radical (unpaired) electrons. The normalized spacial score (nSPS) is 11.1. The number of nitrogens with one attached hydrogen (secondary N) is 1. The third-order valence-electron chi connectivity index (χ3n) is 3.02. The smallest absolute Gasteiger partial charge is 0.283 e. The maximum atomic E-state index is 12.1. The van der Waals surface area contributed by atoms with Crippen molar-refractivity contribution in [3.05, 3.63) is 38.5 Å². The van der Waals surface area contributed by atoms with Crippen LogP contribution < -0.4 is 10.9 Å². The number of anilines is 1. The van der Waals surface area contributed by atoms with Gasteiger partial charge in [0.15, 0.2) is 0 Å². The molecule has 2 heterocycles. The van der Waals surface area contributed by atoms with Crippen LogP contribution in [0.1, 0.15) is 31.1 Å². The Morgan fingerprint density at radius 1 is 1.45 bits per heavy atom. The summed E-state index contributed by atoms with van der Waals surface area (Å²) >= 11 is 3.34. The highest BCUT2D eigenvalue weighted by Crippen LogP contribution is 2.18. The molecule has 20 heavy (non-hydrogen) atoms. The summed E-state index contributed by atoms with van der Waals surface area (Å²) in [4.78, 5) is 12.1. The van der Waals surface area contributed by atoms with Crippen LogP contribution in [0, 0.1) is 6.92 Å². The van der Waals surface area contributed by atoms with Crippen molar-refractivity contribution in [2.24, 2.45) is 7.05 Å². The molecular weight excluding hydrogens is 322 g/mol. The molecule has 0 aliphatic carbocycles. The minimum absolute atomic E-state index is 0.0356. The van der Waals surface area contributed by atoms with Gasteiger partial charge in [-0.1, -0.05) is 0 Å². The summed E-state index contributed by atoms with van der Waals surface area (Å²) in [6.45, 7) is 6.41. The molecule has 0 bridgehead atoms. The quantitative estimate of drug-likeness (QED) is 0.927. The zero-order valence-electron chi connectivity index (χ0n) is 12.0. The minimum atomic E-state index is -0.132. The van der Waals surface area contributed by atoms with E-state index in [1.54, 1.807) is 10.9 Å². The van der Waals surface area contributed by atoms with Crippen LogP contribution in [-0.2, 0) is 13.6 Å². The summed E-state index contributed by atoms with van der Waals surface area (Å²) in [7, 11) is 1.89. The molecule has 0 spiro atoms. The number of rotatable bonds is 4. The Kier molecular flexibility index (Phi) is 4.27. The number of aromatic nitrogens is 4. The van der Waals surface area contributed by atoms with Gasteiger partial charge in [-0.3, -0.25) is 9.48 Å². The van der Waals surface area contributed by atoms with Crippen LogP contribution in [-0.4, -0.2) is 19.6 Å². The Bertz CT molecular complexity index is 674. The van der Waals surface area contributed by atoms with Crippen molar-refractivity contribution in [3.8, 4) is 0 Å². The van der Waals surface area contributed by atoms with E-state index < -0.39 is 0 Å². The lowest BCUT2D eigenvalue weighted by Gasteiger charge is -2.12. The molecule has 0 unspecified atom stereocenters. The fraction of sp³-hybridized carbons (Fsp3) is 0.462. The number of nitrogens with zero attached hydrogens (tertiary/aromatic N) is 4. The van der Waals surface area contributed by atoms with Gasteiger partial charge < -0.3 is 5.32 Å². The molecule has 0 fully saturated rings. The van der Waals surface area contributed by atoms with Crippen molar-refractivity contribution < 1.29 is 0 Å². The lowest BCUT2D eigenvalue weighted by molar-refractivity contribution is 0.501. The average Bonchev–Trinajstić information content (AvgIpc) is 2.69. The van der Waals surface area contributed by atoms with Gasteiger partial charge in [0.2, 0.25) is 0 Å². The second-order valence-electron chi connectivity index (χ2n) is 4.98. The predicted octanol–water partition coefficient (Wildman–Crippen LogP) is 2.24. The number of aryl methyl sites for hydroxylation is 2. The Balaban J connectivity index is 2.21. The van der Waals surface area contributed by atoms with Gasteiger partial charge in [-0.05, 0) is 36.7 Å². The molecule has 0 saturated carbocycles. The first-order chi connectivity index (χ1) is 9.40. The maximum absolute atomic E-state index is 12.1. The molecule has 0 aliphatic rings. The highest BCUT2D eigenvalue weighted by atomic mass is 79.9. The van der Waals surface area contributed by atoms with Crippen molar-refractivity contribution in [1.82, 2.24) is 19.6 Å². The first-order valence-electron chi connectivity index (χ1n) is 6.40. The largest absolute Gasteiger partial charge is 0.378 e. The summed E-state index contributed by atoms with van der Waals surface area (Å²) < 4.78 is 3.73. The fourth-order valence-corrected chi connectivity index (χ4v) is 2.37. The summed E-state index contributed by atoms with van der Waals surface area (Å²) in [6.07, 6.45) is 3.62. The van der Waals surface area contributed by atoms with Crippen LogP contribution in [0.2, 0.25) is 0 Å². The van der Waals surface area contributed by atoms with Gasteiger partial charge in [0, 0.05) is 25.4 Å². The van der Waals surface area contributed by atoms with Crippen LogP contribution in [0.4, 0.5) is 5.69 Å². The summed E-state index contributed by atoms with van der Waals surface area (Å²) in [6, 6.07) is 0.0356. The molecule has 1 N–H and O–H groups in total.